The summed E-state index contributed by atoms with van der Waals surface area (Å²) in [6, 6.07) is 9.60. The number of amides is 1. The van der Waals surface area contributed by atoms with Crippen molar-refractivity contribution < 1.29 is 22.7 Å². The lowest BCUT2D eigenvalue weighted by atomic mass is 10.1. The lowest BCUT2D eigenvalue weighted by Crippen LogP contribution is -2.18. The number of nitrogens with zero attached hydrogens (tertiary/aromatic N) is 1. The van der Waals surface area contributed by atoms with E-state index in [-0.39, 0.29) is 11.3 Å². The Hall–Kier alpha value is -2.70. The monoisotopic (exact) mass is 338 g/mol. The highest BCUT2D eigenvalue weighted by atomic mass is 19.4. The van der Waals surface area contributed by atoms with Gasteiger partial charge in [-0.1, -0.05) is 6.07 Å². The Balaban J connectivity index is 2.37. The molecule has 2 aromatic carbocycles. The minimum Gasteiger partial charge on any atom is -0.497 e. The average Bonchev–Trinajstić information content (AvgIpc) is 2.53. The van der Waals surface area contributed by atoms with Crippen LogP contribution in [-0.2, 0) is 6.18 Å². The Kier molecular flexibility index (Phi) is 5.02. The standard InChI is InChI=1S/C17H17F3N2O2/c1-22(2)15-8-7-12(17(18,19)20)10-14(15)21-16(23)11-5-4-6-13(9-11)24-3/h4-10H,1-3H3,(H,21,23). The van der Waals surface area contributed by atoms with Crippen molar-refractivity contribution in [2.45, 2.75) is 6.18 Å². The Bertz CT molecular complexity index is 743. The molecule has 0 aliphatic carbocycles. The SMILES string of the molecule is COc1cccc(C(=O)Nc2cc(C(F)(F)F)ccc2N(C)C)c1. The van der Waals surface area contributed by atoms with Crippen molar-refractivity contribution in [1.29, 1.82) is 0 Å². The summed E-state index contributed by atoms with van der Waals surface area (Å²) in [4.78, 5) is 14.0. The number of halogens is 3. The molecule has 2 rings (SSSR count). The summed E-state index contributed by atoms with van der Waals surface area (Å²) in [5, 5.41) is 2.54. The maximum Gasteiger partial charge on any atom is 0.416 e. The smallest absolute Gasteiger partial charge is 0.416 e. The van der Waals surface area contributed by atoms with Crippen LogP contribution < -0.4 is 15.0 Å². The molecule has 0 heterocycles. The van der Waals surface area contributed by atoms with Crippen LogP contribution in [0.25, 0.3) is 0 Å². The molecule has 0 atom stereocenters. The van der Waals surface area contributed by atoms with Gasteiger partial charge in [-0.15, -0.1) is 0 Å². The van der Waals surface area contributed by atoms with E-state index < -0.39 is 17.6 Å². The summed E-state index contributed by atoms with van der Waals surface area (Å²) in [7, 11) is 4.83. The second-order valence-corrected chi connectivity index (χ2v) is 5.31. The molecule has 128 valence electrons. The summed E-state index contributed by atoms with van der Waals surface area (Å²) < 4.78 is 43.8. The van der Waals surface area contributed by atoms with Crippen LogP contribution in [0.15, 0.2) is 42.5 Å². The summed E-state index contributed by atoms with van der Waals surface area (Å²) in [5.74, 6) is -0.0316. The molecule has 0 fully saturated rings. The summed E-state index contributed by atoms with van der Waals surface area (Å²) in [6.07, 6.45) is -4.49. The van der Waals surface area contributed by atoms with Gasteiger partial charge in [0.2, 0.25) is 0 Å². The number of carbonyl (C=O) groups is 1. The van der Waals surface area contributed by atoms with Crippen molar-refractivity contribution in [3.63, 3.8) is 0 Å². The van der Waals surface area contributed by atoms with Gasteiger partial charge in [0.1, 0.15) is 5.75 Å². The van der Waals surface area contributed by atoms with Crippen LogP contribution >= 0.6 is 0 Å². The fourth-order valence-electron chi connectivity index (χ4n) is 2.16. The predicted molar refractivity (Wildman–Crippen MR) is 86.7 cm³/mol. The zero-order valence-electron chi connectivity index (χ0n) is 13.4. The topological polar surface area (TPSA) is 41.6 Å². The third-order valence-corrected chi connectivity index (χ3v) is 3.39. The molecule has 4 nitrogen and oxygen atoms in total. The maximum absolute atomic E-state index is 12.9. The van der Waals surface area contributed by atoms with Gasteiger partial charge in [-0.25, -0.2) is 0 Å². The number of alkyl halides is 3. The first-order valence-electron chi connectivity index (χ1n) is 7.06. The maximum atomic E-state index is 12.9. The van der Waals surface area contributed by atoms with Crippen LogP contribution in [0.2, 0.25) is 0 Å². The fourth-order valence-corrected chi connectivity index (χ4v) is 2.16. The number of anilines is 2. The molecule has 0 saturated heterocycles. The molecule has 0 unspecified atom stereocenters. The molecule has 2 aromatic rings. The third-order valence-electron chi connectivity index (χ3n) is 3.39. The molecular weight excluding hydrogens is 321 g/mol. The largest absolute Gasteiger partial charge is 0.497 e. The zero-order chi connectivity index (χ0) is 17.9. The van der Waals surface area contributed by atoms with Crippen LogP contribution in [0, 0.1) is 0 Å². The van der Waals surface area contributed by atoms with Crippen molar-refractivity contribution in [2.75, 3.05) is 31.4 Å². The van der Waals surface area contributed by atoms with E-state index in [1.807, 2.05) is 0 Å². The molecule has 0 bridgehead atoms. The van der Waals surface area contributed by atoms with E-state index in [0.29, 0.717) is 11.4 Å². The predicted octanol–water partition coefficient (Wildman–Crippen LogP) is 4.03. The van der Waals surface area contributed by atoms with E-state index in [1.54, 1.807) is 37.2 Å². The van der Waals surface area contributed by atoms with Gasteiger partial charge < -0.3 is 15.0 Å². The van der Waals surface area contributed by atoms with Gasteiger partial charge in [0.15, 0.2) is 0 Å². The molecule has 0 radical (unpaired) electrons. The van der Waals surface area contributed by atoms with Gasteiger partial charge in [0.05, 0.1) is 24.0 Å². The van der Waals surface area contributed by atoms with Gasteiger partial charge in [-0.3, -0.25) is 4.79 Å². The molecule has 0 aliphatic heterocycles. The van der Waals surface area contributed by atoms with E-state index >= 15 is 0 Å². The minimum absolute atomic E-state index is 0.0858. The average molecular weight is 338 g/mol. The first kappa shape index (κ1) is 17.7. The number of hydrogen-bond acceptors (Lipinski definition) is 3. The summed E-state index contributed by atoms with van der Waals surface area (Å²) in [6.45, 7) is 0. The van der Waals surface area contributed by atoms with Gasteiger partial charge in [0, 0.05) is 19.7 Å². The highest BCUT2D eigenvalue weighted by Gasteiger charge is 2.31. The fraction of sp³-hybridized carbons (Fsp3) is 0.235. The number of ether oxygens (including phenoxy) is 1. The van der Waals surface area contributed by atoms with E-state index in [2.05, 4.69) is 5.32 Å². The number of nitrogens with one attached hydrogen (secondary N) is 1. The van der Waals surface area contributed by atoms with Crippen molar-refractivity contribution >= 4 is 17.3 Å². The third kappa shape index (κ3) is 3.98. The van der Waals surface area contributed by atoms with Crippen LogP contribution in [-0.4, -0.2) is 27.1 Å². The van der Waals surface area contributed by atoms with E-state index in [1.165, 1.54) is 19.2 Å². The van der Waals surface area contributed by atoms with Crippen LogP contribution in [0.3, 0.4) is 0 Å². The second-order valence-electron chi connectivity index (χ2n) is 5.31. The second kappa shape index (κ2) is 6.82. The first-order valence-corrected chi connectivity index (χ1v) is 7.06. The number of hydrogen-bond donors (Lipinski definition) is 1. The molecule has 0 aromatic heterocycles. The first-order chi connectivity index (χ1) is 11.2. The minimum atomic E-state index is -4.49. The van der Waals surface area contributed by atoms with Gasteiger partial charge in [-0.05, 0) is 36.4 Å². The van der Waals surface area contributed by atoms with Gasteiger partial charge >= 0.3 is 6.18 Å². The Morgan fingerprint density at radius 2 is 1.83 bits per heavy atom. The molecule has 0 aliphatic rings. The zero-order valence-corrected chi connectivity index (χ0v) is 13.4. The summed E-state index contributed by atoms with van der Waals surface area (Å²) >= 11 is 0. The number of benzene rings is 2. The lowest BCUT2D eigenvalue weighted by molar-refractivity contribution is -0.137. The quantitative estimate of drug-likeness (QED) is 0.915. The number of carbonyl (C=O) groups excluding carboxylic acids is 1. The van der Waals surface area contributed by atoms with Crippen molar-refractivity contribution in [1.82, 2.24) is 0 Å². The number of methoxy groups -OCH3 is 1. The van der Waals surface area contributed by atoms with Gasteiger partial charge in [-0.2, -0.15) is 13.2 Å². The van der Waals surface area contributed by atoms with Crippen LogP contribution in [0.5, 0.6) is 5.75 Å². The van der Waals surface area contributed by atoms with Crippen LogP contribution in [0.4, 0.5) is 24.5 Å². The summed E-state index contributed by atoms with van der Waals surface area (Å²) in [5.41, 5.74) is 0.0207. The van der Waals surface area contributed by atoms with E-state index in [4.69, 9.17) is 4.74 Å². The highest BCUT2D eigenvalue weighted by molar-refractivity contribution is 6.06. The van der Waals surface area contributed by atoms with Crippen molar-refractivity contribution in [3.05, 3.63) is 53.6 Å². The molecule has 24 heavy (non-hydrogen) atoms. The normalized spacial score (nSPS) is 11.1. The molecule has 0 spiro atoms. The Morgan fingerprint density at radius 3 is 2.42 bits per heavy atom. The molecule has 1 amide bonds. The molecule has 1 N–H and O–H groups in total. The van der Waals surface area contributed by atoms with Crippen molar-refractivity contribution in [3.8, 4) is 5.75 Å². The molecule has 0 saturated carbocycles. The Labute approximate surface area is 137 Å². The van der Waals surface area contributed by atoms with Crippen LogP contribution in [0.1, 0.15) is 15.9 Å². The van der Waals surface area contributed by atoms with E-state index in [0.717, 1.165) is 12.1 Å². The van der Waals surface area contributed by atoms with E-state index in [9.17, 15) is 18.0 Å². The lowest BCUT2D eigenvalue weighted by Gasteiger charge is -2.20. The Morgan fingerprint density at radius 1 is 1.12 bits per heavy atom. The highest BCUT2D eigenvalue weighted by Crippen LogP contribution is 2.35. The number of rotatable bonds is 4. The van der Waals surface area contributed by atoms with Crippen molar-refractivity contribution in [2.24, 2.45) is 0 Å². The van der Waals surface area contributed by atoms with Gasteiger partial charge in [0.25, 0.3) is 5.91 Å². The molecular formula is C17H17F3N2O2. The molecule has 7 heteroatoms.